The number of piperidine rings is 2. The van der Waals surface area contributed by atoms with Crippen LogP contribution in [0, 0.1) is 0 Å². The average molecular weight is 325 g/mol. The molecule has 3 N–H and O–H groups in total. The normalized spacial score (nSPS) is 32.6. The van der Waals surface area contributed by atoms with Gasteiger partial charge in [0.05, 0.1) is 5.66 Å². The predicted octanol–water partition coefficient (Wildman–Crippen LogP) is 3.47. The molecule has 0 aromatic heterocycles. The lowest BCUT2D eigenvalue weighted by molar-refractivity contribution is -0.134. The van der Waals surface area contributed by atoms with Gasteiger partial charge in [0.2, 0.25) is 0 Å². The molecule has 4 heteroatoms. The highest BCUT2D eigenvalue weighted by molar-refractivity contribution is 5.07. The van der Waals surface area contributed by atoms with E-state index in [0.29, 0.717) is 0 Å². The van der Waals surface area contributed by atoms with Crippen LogP contribution in [0.5, 0.6) is 0 Å². The molecule has 0 unspecified atom stereocenters. The van der Waals surface area contributed by atoms with Crippen molar-refractivity contribution in [2.45, 2.75) is 115 Å². The van der Waals surface area contributed by atoms with Crippen molar-refractivity contribution >= 4 is 0 Å². The first-order valence-corrected chi connectivity index (χ1v) is 9.23. The molecule has 4 nitrogen and oxygen atoms in total. The highest BCUT2D eigenvalue weighted by Crippen LogP contribution is 2.43. The summed E-state index contributed by atoms with van der Waals surface area (Å²) >= 11 is 0. The van der Waals surface area contributed by atoms with E-state index in [1.165, 1.54) is 19.3 Å². The van der Waals surface area contributed by atoms with Gasteiger partial charge in [0.25, 0.3) is 0 Å². The van der Waals surface area contributed by atoms with Crippen molar-refractivity contribution in [3.05, 3.63) is 0 Å². The number of nitrogens with two attached hydrogens (primary N) is 1. The van der Waals surface area contributed by atoms with Gasteiger partial charge in [-0.3, -0.25) is 4.90 Å². The maximum Gasteiger partial charge on any atom is 0.0829 e. The van der Waals surface area contributed by atoms with Crippen molar-refractivity contribution in [2.24, 2.45) is 5.73 Å². The van der Waals surface area contributed by atoms with E-state index >= 15 is 0 Å². The fourth-order valence-electron chi connectivity index (χ4n) is 5.26. The van der Waals surface area contributed by atoms with E-state index in [4.69, 9.17) is 5.73 Å². The molecule has 0 spiro atoms. The molecule has 0 bridgehead atoms. The van der Waals surface area contributed by atoms with Crippen LogP contribution in [0.25, 0.3) is 0 Å². The van der Waals surface area contributed by atoms with E-state index < -0.39 is 0 Å². The van der Waals surface area contributed by atoms with Crippen LogP contribution in [-0.4, -0.2) is 44.8 Å². The first-order chi connectivity index (χ1) is 10.1. The Hall–Kier alpha value is -0.160. The Bertz CT molecular complexity index is 416. The molecular formula is C19H40N4. The predicted molar refractivity (Wildman–Crippen MR) is 99.1 cm³/mol. The highest BCUT2D eigenvalue weighted by atomic mass is 15.6. The van der Waals surface area contributed by atoms with Gasteiger partial charge in [0, 0.05) is 22.2 Å². The van der Waals surface area contributed by atoms with Crippen molar-refractivity contribution < 1.29 is 0 Å². The Morgan fingerprint density at radius 2 is 1.13 bits per heavy atom. The van der Waals surface area contributed by atoms with Crippen molar-refractivity contribution in [1.29, 1.82) is 0 Å². The molecule has 136 valence electrons. The molecule has 23 heavy (non-hydrogen) atoms. The van der Waals surface area contributed by atoms with E-state index in [2.05, 4.69) is 77.8 Å². The van der Waals surface area contributed by atoms with E-state index in [1.54, 1.807) is 0 Å². The number of likely N-dealkylation sites (tertiary alicyclic amines) is 1. The van der Waals surface area contributed by atoms with Crippen LogP contribution in [0.4, 0.5) is 0 Å². The molecule has 2 saturated heterocycles. The largest absolute Gasteiger partial charge is 0.312 e. The Labute approximate surface area is 144 Å². The molecule has 2 aliphatic rings. The summed E-state index contributed by atoms with van der Waals surface area (Å²) in [4.78, 5) is 2.49. The van der Waals surface area contributed by atoms with Crippen molar-refractivity contribution in [3.63, 3.8) is 0 Å². The van der Waals surface area contributed by atoms with E-state index in [1.807, 2.05) is 0 Å². The van der Waals surface area contributed by atoms with Gasteiger partial charge in [-0.05, 0) is 94.5 Å². The van der Waals surface area contributed by atoms with Crippen LogP contribution in [0.3, 0.4) is 0 Å². The number of rotatable bonds is 2. The van der Waals surface area contributed by atoms with E-state index in [0.717, 1.165) is 12.8 Å². The van der Waals surface area contributed by atoms with Gasteiger partial charge < -0.3 is 5.73 Å². The molecule has 2 heterocycles. The van der Waals surface area contributed by atoms with Gasteiger partial charge >= 0.3 is 0 Å². The zero-order valence-electron chi connectivity index (χ0n) is 17.0. The van der Waals surface area contributed by atoms with Gasteiger partial charge in [0.1, 0.15) is 0 Å². The standard InChI is InChI=1S/C19H40N4/c1-15(2)11-10-12-16(3,4)23(15)21-19(20)13-17(5,6)22(9)18(7,8)14-19/h21H,10-14,20H2,1-9H3. The maximum absolute atomic E-state index is 6.97. The molecule has 0 aromatic carbocycles. The van der Waals surface area contributed by atoms with Gasteiger partial charge in [-0.1, -0.05) is 0 Å². The lowest BCUT2D eigenvalue weighted by Crippen LogP contribution is -2.77. The quantitative estimate of drug-likeness (QED) is 0.763. The third kappa shape index (κ3) is 3.60. The third-order valence-corrected chi connectivity index (χ3v) is 6.43. The average Bonchev–Trinajstić information content (AvgIpc) is 2.30. The molecule has 2 aliphatic heterocycles. The van der Waals surface area contributed by atoms with Crippen LogP contribution in [0.1, 0.15) is 87.5 Å². The SMILES string of the molecule is CN1C(C)(C)CC(N)(NN2C(C)(C)CCCC2(C)C)CC1(C)C. The number of hydrogen-bond donors (Lipinski definition) is 2. The summed E-state index contributed by atoms with van der Waals surface area (Å²) in [5, 5.41) is 2.47. The topological polar surface area (TPSA) is 44.5 Å². The number of nitrogens with zero attached hydrogens (tertiary/aromatic N) is 2. The monoisotopic (exact) mass is 324 g/mol. The van der Waals surface area contributed by atoms with Gasteiger partial charge in [-0.15, -0.1) is 0 Å². The zero-order chi connectivity index (χ0) is 17.9. The lowest BCUT2D eigenvalue weighted by atomic mass is 9.74. The first-order valence-electron chi connectivity index (χ1n) is 9.23. The summed E-state index contributed by atoms with van der Waals surface area (Å²) in [7, 11) is 2.23. The molecule has 0 amide bonds. The second-order valence-corrected chi connectivity index (χ2v) is 10.6. The summed E-state index contributed by atoms with van der Waals surface area (Å²) in [6.07, 6.45) is 5.61. The van der Waals surface area contributed by atoms with Crippen LogP contribution < -0.4 is 11.2 Å². The van der Waals surface area contributed by atoms with Crippen LogP contribution in [0.15, 0.2) is 0 Å². The number of hydrazine groups is 1. The Morgan fingerprint density at radius 1 is 0.739 bits per heavy atom. The minimum Gasteiger partial charge on any atom is -0.312 e. The van der Waals surface area contributed by atoms with Crippen LogP contribution in [0.2, 0.25) is 0 Å². The van der Waals surface area contributed by atoms with E-state index in [-0.39, 0.29) is 27.8 Å². The van der Waals surface area contributed by atoms with Crippen LogP contribution in [-0.2, 0) is 0 Å². The summed E-state index contributed by atoms with van der Waals surface area (Å²) in [6.45, 7) is 18.6. The first kappa shape index (κ1) is 19.2. The number of nitrogens with one attached hydrogen (secondary N) is 1. The molecule has 0 saturated carbocycles. The highest BCUT2D eigenvalue weighted by Gasteiger charge is 2.52. The van der Waals surface area contributed by atoms with Gasteiger partial charge in [0.15, 0.2) is 0 Å². The Kier molecular flexibility index (Phi) is 4.52. The van der Waals surface area contributed by atoms with Gasteiger partial charge in [-0.25, -0.2) is 10.4 Å². The third-order valence-electron chi connectivity index (χ3n) is 6.43. The number of hydrogen-bond acceptors (Lipinski definition) is 4. The van der Waals surface area contributed by atoms with Crippen LogP contribution >= 0.6 is 0 Å². The Balaban J connectivity index is 2.30. The van der Waals surface area contributed by atoms with Crippen molar-refractivity contribution in [3.8, 4) is 0 Å². The summed E-state index contributed by atoms with van der Waals surface area (Å²) in [6, 6.07) is 0. The van der Waals surface area contributed by atoms with Crippen molar-refractivity contribution in [1.82, 2.24) is 15.3 Å². The van der Waals surface area contributed by atoms with E-state index in [9.17, 15) is 0 Å². The molecule has 2 rings (SSSR count). The fraction of sp³-hybridized carbons (Fsp3) is 1.00. The van der Waals surface area contributed by atoms with Gasteiger partial charge in [-0.2, -0.15) is 0 Å². The molecule has 2 fully saturated rings. The smallest absolute Gasteiger partial charge is 0.0829 e. The molecule has 0 aliphatic carbocycles. The lowest BCUT2D eigenvalue weighted by Gasteiger charge is -2.61. The summed E-state index contributed by atoms with van der Waals surface area (Å²) in [5.74, 6) is 0. The summed E-state index contributed by atoms with van der Waals surface area (Å²) in [5.41, 5.74) is 10.8. The molecule has 0 aromatic rings. The minimum absolute atomic E-state index is 0.0770. The molecule has 0 atom stereocenters. The second-order valence-electron chi connectivity index (χ2n) is 10.6. The molecular weight excluding hydrogens is 284 g/mol. The zero-order valence-corrected chi connectivity index (χ0v) is 17.0. The summed E-state index contributed by atoms with van der Waals surface area (Å²) < 4.78 is 0. The maximum atomic E-state index is 6.97. The molecule has 0 radical (unpaired) electrons. The fourth-order valence-corrected chi connectivity index (χ4v) is 5.26. The second kappa shape index (κ2) is 5.42. The van der Waals surface area contributed by atoms with Crippen molar-refractivity contribution in [2.75, 3.05) is 7.05 Å². The minimum atomic E-state index is -0.370. The Morgan fingerprint density at radius 3 is 1.52 bits per heavy atom.